The van der Waals surface area contributed by atoms with Crippen LogP contribution in [-0.4, -0.2) is 13.1 Å². The van der Waals surface area contributed by atoms with Crippen molar-refractivity contribution in [3.05, 3.63) is 21.9 Å². The number of nitrogens with one attached hydrogen (secondary N) is 1. The molecule has 0 atom stereocenters. The predicted octanol–water partition coefficient (Wildman–Crippen LogP) is 5.39. The molecule has 0 bridgehead atoms. The number of thiophene rings is 1. The smallest absolute Gasteiger partial charge is 0.0102 e. The van der Waals surface area contributed by atoms with Crippen LogP contribution in [-0.2, 0) is 11.8 Å². The van der Waals surface area contributed by atoms with Crippen molar-refractivity contribution in [2.45, 2.75) is 72.1 Å². The van der Waals surface area contributed by atoms with Gasteiger partial charge in [-0.2, -0.15) is 0 Å². The fourth-order valence-corrected chi connectivity index (χ4v) is 3.32. The van der Waals surface area contributed by atoms with E-state index in [2.05, 4.69) is 52.1 Å². The molecule has 0 aliphatic carbocycles. The third kappa shape index (κ3) is 7.44. The van der Waals surface area contributed by atoms with Crippen LogP contribution in [0.15, 0.2) is 12.1 Å². The van der Waals surface area contributed by atoms with Crippen LogP contribution in [0.4, 0.5) is 0 Å². The minimum atomic E-state index is 0.311. The molecule has 0 spiro atoms. The molecular formula is C18H33NS. The Balaban J connectivity index is 2.06. The summed E-state index contributed by atoms with van der Waals surface area (Å²) in [6.45, 7) is 13.8. The van der Waals surface area contributed by atoms with Crippen LogP contribution in [0.2, 0.25) is 0 Å². The van der Waals surface area contributed by atoms with Gasteiger partial charge < -0.3 is 5.32 Å². The van der Waals surface area contributed by atoms with Gasteiger partial charge in [0, 0.05) is 9.75 Å². The number of unbranched alkanes of at least 4 members (excludes halogenated alkanes) is 3. The van der Waals surface area contributed by atoms with Crippen LogP contribution >= 0.6 is 11.3 Å². The van der Waals surface area contributed by atoms with Crippen LogP contribution in [0.1, 0.15) is 70.1 Å². The molecule has 2 heteroatoms. The summed E-state index contributed by atoms with van der Waals surface area (Å²) >= 11 is 2.00. The molecule has 1 aromatic rings. The Morgan fingerprint density at radius 3 is 2.35 bits per heavy atom. The third-order valence-corrected chi connectivity index (χ3v) is 5.05. The van der Waals surface area contributed by atoms with Crippen molar-refractivity contribution in [3.63, 3.8) is 0 Å². The summed E-state index contributed by atoms with van der Waals surface area (Å²) in [7, 11) is 0. The van der Waals surface area contributed by atoms with E-state index in [1.807, 2.05) is 11.3 Å². The number of hydrogen-bond acceptors (Lipinski definition) is 2. The lowest BCUT2D eigenvalue weighted by Gasteiger charge is -2.15. The molecule has 1 nitrogen and oxygen atoms in total. The minimum Gasteiger partial charge on any atom is -0.316 e. The fourth-order valence-electron chi connectivity index (χ4n) is 2.21. The maximum Gasteiger partial charge on any atom is 0.0102 e. The first-order chi connectivity index (χ1) is 9.39. The summed E-state index contributed by atoms with van der Waals surface area (Å²) in [5.74, 6) is 0.769. The first-order valence-corrected chi connectivity index (χ1v) is 9.01. The average molecular weight is 296 g/mol. The molecule has 1 aromatic heterocycles. The highest BCUT2D eigenvalue weighted by molar-refractivity contribution is 7.12. The fraction of sp³-hybridized carbons (Fsp3) is 0.778. The zero-order valence-electron chi connectivity index (χ0n) is 14.1. The van der Waals surface area contributed by atoms with Crippen LogP contribution < -0.4 is 5.32 Å². The summed E-state index contributed by atoms with van der Waals surface area (Å²) in [6, 6.07) is 4.64. The van der Waals surface area contributed by atoms with E-state index in [4.69, 9.17) is 0 Å². The molecule has 0 radical (unpaired) electrons. The lowest BCUT2D eigenvalue weighted by Crippen LogP contribution is -2.20. The van der Waals surface area contributed by atoms with Gasteiger partial charge in [0.15, 0.2) is 0 Å². The molecule has 0 aliphatic heterocycles. The van der Waals surface area contributed by atoms with Gasteiger partial charge in [0.2, 0.25) is 0 Å². The largest absolute Gasteiger partial charge is 0.316 e. The summed E-state index contributed by atoms with van der Waals surface area (Å²) in [5.41, 5.74) is 0.311. The van der Waals surface area contributed by atoms with Crippen molar-refractivity contribution >= 4 is 11.3 Å². The Morgan fingerprint density at radius 2 is 1.75 bits per heavy atom. The van der Waals surface area contributed by atoms with Crippen molar-refractivity contribution < 1.29 is 0 Å². The van der Waals surface area contributed by atoms with Gasteiger partial charge in [0.25, 0.3) is 0 Å². The summed E-state index contributed by atoms with van der Waals surface area (Å²) in [5, 5.41) is 3.52. The van der Waals surface area contributed by atoms with Crippen molar-refractivity contribution in [3.8, 4) is 0 Å². The first kappa shape index (κ1) is 17.7. The van der Waals surface area contributed by atoms with Crippen LogP contribution in [0, 0.1) is 5.92 Å². The quantitative estimate of drug-likeness (QED) is 0.602. The van der Waals surface area contributed by atoms with E-state index in [9.17, 15) is 0 Å². The molecule has 1 heterocycles. The second-order valence-electron chi connectivity index (χ2n) is 7.28. The molecule has 0 unspecified atom stereocenters. The topological polar surface area (TPSA) is 12.0 Å². The molecule has 0 saturated carbocycles. The first-order valence-electron chi connectivity index (χ1n) is 8.19. The Labute approximate surface area is 130 Å². The standard InChI is InChI=1S/C18H33NS/c1-15(2)14-19-13-9-7-6-8-10-16-11-12-17(20-16)18(3,4)5/h11-12,15,19H,6-10,13-14H2,1-5H3. The molecule has 20 heavy (non-hydrogen) atoms. The number of aryl methyl sites for hydroxylation is 1. The maximum absolute atomic E-state index is 3.52. The summed E-state index contributed by atoms with van der Waals surface area (Å²) in [4.78, 5) is 3.08. The van der Waals surface area contributed by atoms with Crippen molar-refractivity contribution in [1.29, 1.82) is 0 Å². The lowest BCUT2D eigenvalue weighted by atomic mass is 9.95. The van der Waals surface area contributed by atoms with E-state index >= 15 is 0 Å². The Hall–Kier alpha value is -0.340. The van der Waals surface area contributed by atoms with Gasteiger partial charge in [0.05, 0.1) is 0 Å². The van der Waals surface area contributed by atoms with Crippen LogP contribution in [0.5, 0.6) is 0 Å². The van der Waals surface area contributed by atoms with Gasteiger partial charge in [-0.25, -0.2) is 0 Å². The highest BCUT2D eigenvalue weighted by Crippen LogP contribution is 2.30. The van der Waals surface area contributed by atoms with E-state index in [1.165, 1.54) is 43.5 Å². The van der Waals surface area contributed by atoms with Gasteiger partial charge in [0.1, 0.15) is 0 Å². The summed E-state index contributed by atoms with van der Waals surface area (Å²) < 4.78 is 0. The SMILES string of the molecule is CC(C)CNCCCCCCc1ccc(C(C)(C)C)s1. The second-order valence-corrected chi connectivity index (χ2v) is 8.45. The van der Waals surface area contributed by atoms with Crippen molar-refractivity contribution in [2.75, 3.05) is 13.1 Å². The van der Waals surface area contributed by atoms with Gasteiger partial charge >= 0.3 is 0 Å². The van der Waals surface area contributed by atoms with E-state index in [0.717, 1.165) is 12.5 Å². The normalized spacial score (nSPS) is 12.3. The number of rotatable bonds is 9. The average Bonchev–Trinajstić information content (AvgIpc) is 2.80. The van der Waals surface area contributed by atoms with Gasteiger partial charge in [-0.1, -0.05) is 47.5 Å². The molecule has 0 aliphatic rings. The second kappa shape index (κ2) is 8.84. The molecule has 1 rings (SSSR count). The van der Waals surface area contributed by atoms with Gasteiger partial charge in [-0.3, -0.25) is 0 Å². The molecule has 0 saturated heterocycles. The van der Waals surface area contributed by atoms with E-state index < -0.39 is 0 Å². The maximum atomic E-state index is 3.52. The van der Waals surface area contributed by atoms with Crippen molar-refractivity contribution in [2.24, 2.45) is 5.92 Å². The van der Waals surface area contributed by atoms with E-state index in [0.29, 0.717) is 5.41 Å². The molecule has 0 amide bonds. The van der Waals surface area contributed by atoms with Crippen LogP contribution in [0.3, 0.4) is 0 Å². The third-order valence-electron chi connectivity index (χ3n) is 3.48. The highest BCUT2D eigenvalue weighted by Gasteiger charge is 2.15. The van der Waals surface area contributed by atoms with E-state index in [-0.39, 0.29) is 0 Å². The van der Waals surface area contributed by atoms with Crippen LogP contribution in [0.25, 0.3) is 0 Å². The molecule has 116 valence electrons. The molecule has 0 fully saturated rings. The molecular weight excluding hydrogens is 262 g/mol. The molecule has 0 aromatic carbocycles. The monoisotopic (exact) mass is 295 g/mol. The van der Waals surface area contributed by atoms with Gasteiger partial charge in [-0.15, -0.1) is 11.3 Å². The Kier molecular flexibility index (Phi) is 7.83. The highest BCUT2D eigenvalue weighted by atomic mass is 32.1. The predicted molar refractivity (Wildman–Crippen MR) is 92.9 cm³/mol. The molecule has 1 N–H and O–H groups in total. The zero-order valence-corrected chi connectivity index (χ0v) is 14.9. The Morgan fingerprint density at radius 1 is 1.05 bits per heavy atom. The number of hydrogen-bond donors (Lipinski definition) is 1. The summed E-state index contributed by atoms with van der Waals surface area (Å²) in [6.07, 6.45) is 6.66. The van der Waals surface area contributed by atoms with E-state index in [1.54, 1.807) is 4.88 Å². The van der Waals surface area contributed by atoms with Gasteiger partial charge in [-0.05, 0) is 55.8 Å². The van der Waals surface area contributed by atoms with Crippen molar-refractivity contribution in [1.82, 2.24) is 5.32 Å². The zero-order chi connectivity index (χ0) is 15.0. The minimum absolute atomic E-state index is 0.311. The Bertz CT molecular complexity index is 360. The lowest BCUT2D eigenvalue weighted by molar-refractivity contribution is 0.526.